The topological polar surface area (TPSA) is 0 Å². The summed E-state index contributed by atoms with van der Waals surface area (Å²) in [7, 11) is 0. The number of hydrogen-bond acceptors (Lipinski definition) is 0. The molecule has 0 aliphatic carbocycles. The number of halogens is 1. The molecule has 0 spiro atoms. The minimum atomic E-state index is -0.200. The molecule has 0 saturated carbocycles. The first kappa shape index (κ1) is 24.0. The van der Waals surface area contributed by atoms with E-state index in [1.807, 2.05) is 6.07 Å². The molecule has 0 heterocycles. The summed E-state index contributed by atoms with van der Waals surface area (Å²) in [4.78, 5) is 0. The van der Waals surface area contributed by atoms with Gasteiger partial charge in [-0.3, -0.25) is 0 Å². The fourth-order valence-electron chi connectivity index (χ4n) is 4.62. The summed E-state index contributed by atoms with van der Waals surface area (Å²) in [5.74, 6) is -0.200. The molecule has 4 aromatic rings. The van der Waals surface area contributed by atoms with E-state index in [9.17, 15) is 4.39 Å². The lowest BCUT2D eigenvalue weighted by Gasteiger charge is -2.28. The van der Waals surface area contributed by atoms with Crippen molar-refractivity contribution in [3.8, 4) is 22.3 Å². The van der Waals surface area contributed by atoms with Crippen LogP contribution in [0.2, 0.25) is 0 Å². The second-order valence-electron chi connectivity index (χ2n) is 11.2. The molecule has 0 unspecified atom stereocenters. The highest BCUT2D eigenvalue weighted by Gasteiger charge is 2.24. The summed E-state index contributed by atoms with van der Waals surface area (Å²) in [5.41, 5.74) is 9.58. The molecule has 0 amide bonds. The molecule has 0 radical (unpaired) electrons. The van der Waals surface area contributed by atoms with Crippen molar-refractivity contribution >= 4 is 0 Å². The van der Waals surface area contributed by atoms with E-state index in [-0.39, 0.29) is 16.6 Å². The van der Waals surface area contributed by atoms with E-state index in [1.165, 1.54) is 39.4 Å². The summed E-state index contributed by atoms with van der Waals surface area (Å²) >= 11 is 0. The van der Waals surface area contributed by atoms with Crippen LogP contribution in [0, 0.1) is 12.7 Å². The first-order valence-corrected chi connectivity index (χ1v) is 12.1. The minimum Gasteiger partial charge on any atom is -0.207 e. The monoisotopic (exact) mass is 450 g/mol. The van der Waals surface area contributed by atoms with Crippen molar-refractivity contribution in [2.75, 3.05) is 0 Å². The van der Waals surface area contributed by atoms with Crippen LogP contribution in [0.1, 0.15) is 56.9 Å². The van der Waals surface area contributed by atoms with E-state index in [0.29, 0.717) is 0 Å². The summed E-state index contributed by atoms with van der Waals surface area (Å²) in [6.45, 7) is 13.5. The summed E-state index contributed by atoms with van der Waals surface area (Å²) < 4.78 is 14.0. The lowest BCUT2D eigenvalue weighted by Crippen LogP contribution is -2.21. The van der Waals surface area contributed by atoms with Crippen molar-refractivity contribution in [3.63, 3.8) is 0 Å². The Hall–Kier alpha value is -3.19. The first-order chi connectivity index (χ1) is 16.0. The van der Waals surface area contributed by atoms with Crippen LogP contribution in [0.25, 0.3) is 22.3 Å². The lowest BCUT2D eigenvalue weighted by molar-refractivity contribution is 0.520. The van der Waals surface area contributed by atoms with E-state index in [1.54, 1.807) is 12.1 Å². The molecular weight excluding hydrogens is 415 g/mol. The van der Waals surface area contributed by atoms with E-state index in [0.717, 1.165) is 17.5 Å². The fourth-order valence-corrected chi connectivity index (χ4v) is 4.62. The number of aryl methyl sites for hydroxylation is 1. The van der Waals surface area contributed by atoms with Gasteiger partial charge >= 0.3 is 0 Å². The van der Waals surface area contributed by atoms with Gasteiger partial charge in [-0.05, 0) is 75.3 Å². The van der Waals surface area contributed by atoms with Gasteiger partial charge in [-0.15, -0.1) is 0 Å². The van der Waals surface area contributed by atoms with Crippen LogP contribution >= 0.6 is 0 Å². The third-order valence-electron chi connectivity index (χ3n) is 6.66. The maximum atomic E-state index is 14.0. The van der Waals surface area contributed by atoms with Crippen molar-refractivity contribution in [3.05, 3.63) is 119 Å². The van der Waals surface area contributed by atoms with Gasteiger partial charge in [-0.2, -0.15) is 0 Å². The first-order valence-electron chi connectivity index (χ1n) is 12.1. The largest absolute Gasteiger partial charge is 0.207 e. The zero-order valence-corrected chi connectivity index (χ0v) is 21.2. The van der Waals surface area contributed by atoms with Crippen LogP contribution in [0.5, 0.6) is 0 Å². The van der Waals surface area contributed by atoms with Gasteiger partial charge in [0.05, 0.1) is 0 Å². The van der Waals surface area contributed by atoms with Crippen molar-refractivity contribution < 1.29 is 4.39 Å². The van der Waals surface area contributed by atoms with E-state index < -0.39 is 0 Å². The average molecular weight is 451 g/mol. The molecule has 34 heavy (non-hydrogen) atoms. The Morgan fingerprint density at radius 3 is 1.82 bits per heavy atom. The quantitative estimate of drug-likeness (QED) is 0.284. The third-order valence-corrected chi connectivity index (χ3v) is 6.66. The summed E-state index contributed by atoms with van der Waals surface area (Å²) in [5, 5.41) is 0. The Morgan fingerprint density at radius 2 is 1.18 bits per heavy atom. The van der Waals surface area contributed by atoms with Crippen LogP contribution in [0.3, 0.4) is 0 Å². The summed E-state index contributed by atoms with van der Waals surface area (Å²) in [6, 6.07) is 31.3. The van der Waals surface area contributed by atoms with Crippen molar-refractivity contribution in [2.24, 2.45) is 0 Å². The highest BCUT2D eigenvalue weighted by molar-refractivity contribution is 5.67. The highest BCUT2D eigenvalue weighted by atomic mass is 19.1. The maximum absolute atomic E-state index is 14.0. The molecule has 0 aliphatic rings. The molecule has 0 aliphatic heterocycles. The predicted molar refractivity (Wildman–Crippen MR) is 144 cm³/mol. The molecule has 0 atom stereocenters. The minimum absolute atomic E-state index is 0.00726. The Morgan fingerprint density at radius 1 is 0.588 bits per heavy atom. The van der Waals surface area contributed by atoms with Crippen LogP contribution in [-0.4, -0.2) is 0 Å². The van der Waals surface area contributed by atoms with Gasteiger partial charge in [0.2, 0.25) is 0 Å². The normalized spacial score (nSPS) is 12.1. The zero-order chi connectivity index (χ0) is 24.5. The molecule has 0 N–H and O–H groups in total. The molecule has 4 aromatic carbocycles. The SMILES string of the molecule is Cc1cccc(-c2cccc(C(C)(C)Cc3cc(-c4cccc(F)c4)cc(C(C)(C)C)c3)c2)c1. The molecule has 0 aromatic heterocycles. The number of benzene rings is 4. The smallest absolute Gasteiger partial charge is 0.123 e. The second kappa shape index (κ2) is 9.22. The van der Waals surface area contributed by atoms with Crippen LogP contribution in [0.4, 0.5) is 4.39 Å². The highest BCUT2D eigenvalue weighted by Crippen LogP contribution is 2.35. The van der Waals surface area contributed by atoms with Gasteiger partial charge in [-0.25, -0.2) is 4.39 Å². The van der Waals surface area contributed by atoms with Crippen LogP contribution in [-0.2, 0) is 17.3 Å². The van der Waals surface area contributed by atoms with Crippen molar-refractivity contribution in [1.29, 1.82) is 0 Å². The maximum Gasteiger partial charge on any atom is 0.123 e. The lowest BCUT2D eigenvalue weighted by atomic mass is 9.76. The van der Waals surface area contributed by atoms with Crippen molar-refractivity contribution in [2.45, 2.75) is 58.8 Å². The molecular formula is C33H35F. The molecule has 4 rings (SSSR count). The number of rotatable bonds is 5. The zero-order valence-electron chi connectivity index (χ0n) is 21.2. The van der Waals surface area contributed by atoms with Gasteiger partial charge < -0.3 is 0 Å². The Labute approximate surface area is 204 Å². The molecule has 0 saturated heterocycles. The molecule has 0 bridgehead atoms. The molecule has 174 valence electrons. The van der Waals surface area contributed by atoms with Gasteiger partial charge in [0, 0.05) is 0 Å². The van der Waals surface area contributed by atoms with Crippen LogP contribution < -0.4 is 0 Å². The van der Waals surface area contributed by atoms with Gasteiger partial charge in [0.25, 0.3) is 0 Å². The molecule has 1 heteroatoms. The average Bonchev–Trinajstić information content (AvgIpc) is 2.78. The van der Waals surface area contributed by atoms with Gasteiger partial charge in [0.1, 0.15) is 5.82 Å². The fraction of sp³-hybridized carbons (Fsp3) is 0.273. The van der Waals surface area contributed by atoms with Gasteiger partial charge in [0.15, 0.2) is 0 Å². The van der Waals surface area contributed by atoms with E-state index in [2.05, 4.69) is 108 Å². The van der Waals surface area contributed by atoms with Gasteiger partial charge in [-0.1, -0.05) is 119 Å². The second-order valence-corrected chi connectivity index (χ2v) is 11.2. The Bertz CT molecular complexity index is 1300. The summed E-state index contributed by atoms with van der Waals surface area (Å²) in [6.07, 6.45) is 0.899. The van der Waals surface area contributed by atoms with E-state index in [4.69, 9.17) is 0 Å². The standard InChI is InChI=1S/C33H35F/c1-23-10-7-11-25(16-23)26-12-8-14-29(19-26)33(5,6)22-24-17-28(20-30(18-24)32(2,3)4)27-13-9-15-31(34)21-27/h7-21H,22H2,1-6H3. The van der Waals surface area contributed by atoms with E-state index >= 15 is 0 Å². The Kier molecular flexibility index (Phi) is 6.49. The third kappa shape index (κ3) is 5.47. The molecule has 0 nitrogen and oxygen atoms in total. The Balaban J connectivity index is 1.72. The number of hydrogen-bond donors (Lipinski definition) is 0. The predicted octanol–water partition coefficient (Wildman–Crippen LogP) is 9.29. The molecule has 0 fully saturated rings. The van der Waals surface area contributed by atoms with Crippen LogP contribution in [0.15, 0.2) is 91.0 Å². The van der Waals surface area contributed by atoms with Crippen molar-refractivity contribution in [1.82, 2.24) is 0 Å².